The molecule has 0 aromatic heterocycles. The molecule has 0 atom stereocenters. The van der Waals surface area contributed by atoms with Gasteiger partial charge in [0.05, 0.1) is 0 Å². The molecular formula is C25H34FNO2. The quantitative estimate of drug-likeness (QED) is 0.376. The Labute approximate surface area is 174 Å². The third-order valence-corrected chi connectivity index (χ3v) is 5.06. The van der Waals surface area contributed by atoms with Gasteiger partial charge in [0.1, 0.15) is 17.3 Å². The second-order valence-corrected chi connectivity index (χ2v) is 7.65. The van der Waals surface area contributed by atoms with E-state index >= 15 is 0 Å². The second kappa shape index (κ2) is 13.8. The number of allylic oxidation sites excluding steroid dienone is 5. The van der Waals surface area contributed by atoms with E-state index in [1.54, 1.807) is 12.2 Å². The second-order valence-electron chi connectivity index (χ2n) is 7.65. The molecule has 29 heavy (non-hydrogen) atoms. The van der Waals surface area contributed by atoms with Crippen molar-refractivity contribution in [2.45, 2.75) is 77.0 Å². The molecule has 158 valence electrons. The van der Waals surface area contributed by atoms with E-state index in [-0.39, 0.29) is 11.7 Å². The van der Waals surface area contributed by atoms with Crippen LogP contribution in [-0.2, 0) is 11.2 Å². The molecule has 1 amide bonds. The lowest BCUT2D eigenvalue weighted by Crippen LogP contribution is -2.09. The van der Waals surface area contributed by atoms with Gasteiger partial charge < -0.3 is 10.5 Å². The number of halogens is 1. The fourth-order valence-corrected chi connectivity index (χ4v) is 3.37. The van der Waals surface area contributed by atoms with Gasteiger partial charge in [-0.2, -0.15) is 0 Å². The summed E-state index contributed by atoms with van der Waals surface area (Å²) in [6.45, 7) is 0. The Morgan fingerprint density at radius 1 is 0.862 bits per heavy atom. The zero-order chi connectivity index (χ0) is 20.7. The number of benzene rings is 1. The molecule has 1 aromatic rings. The van der Waals surface area contributed by atoms with Crippen LogP contribution >= 0.6 is 0 Å². The monoisotopic (exact) mass is 399 g/mol. The number of amides is 1. The molecule has 2 N–H and O–H groups in total. The molecular weight excluding hydrogens is 365 g/mol. The average molecular weight is 400 g/mol. The number of nitrogens with two attached hydrogens (primary N) is 1. The van der Waals surface area contributed by atoms with Crippen molar-refractivity contribution in [1.82, 2.24) is 0 Å². The number of unbranched alkanes of at least 4 members (excludes halogenated alkanes) is 7. The zero-order valence-electron chi connectivity index (χ0n) is 17.4. The maximum absolute atomic E-state index is 13.4. The van der Waals surface area contributed by atoms with Gasteiger partial charge in [-0.1, -0.05) is 50.7 Å². The summed E-state index contributed by atoms with van der Waals surface area (Å²) in [4.78, 5) is 10.7. The first-order valence-corrected chi connectivity index (χ1v) is 10.9. The van der Waals surface area contributed by atoms with E-state index in [0.717, 1.165) is 31.4 Å². The highest BCUT2D eigenvalue weighted by atomic mass is 19.1. The van der Waals surface area contributed by atoms with Crippen molar-refractivity contribution in [2.75, 3.05) is 0 Å². The van der Waals surface area contributed by atoms with Gasteiger partial charge >= 0.3 is 0 Å². The first kappa shape index (κ1) is 22.9. The Morgan fingerprint density at radius 2 is 1.48 bits per heavy atom. The van der Waals surface area contributed by atoms with Crippen molar-refractivity contribution in [3.8, 4) is 5.75 Å². The summed E-state index contributed by atoms with van der Waals surface area (Å²) in [5.41, 5.74) is 6.46. The van der Waals surface area contributed by atoms with Crippen molar-refractivity contribution >= 4 is 5.91 Å². The van der Waals surface area contributed by atoms with Gasteiger partial charge in [-0.15, -0.1) is 0 Å². The Morgan fingerprint density at radius 3 is 2.17 bits per heavy atom. The van der Waals surface area contributed by atoms with Gasteiger partial charge in [0.2, 0.25) is 5.91 Å². The average Bonchev–Trinajstić information content (AvgIpc) is 2.69. The molecule has 1 aliphatic carbocycles. The van der Waals surface area contributed by atoms with Gasteiger partial charge in [0.15, 0.2) is 0 Å². The molecule has 0 spiro atoms. The van der Waals surface area contributed by atoms with E-state index in [1.807, 2.05) is 18.2 Å². The first-order chi connectivity index (χ1) is 14.1. The van der Waals surface area contributed by atoms with Crippen LogP contribution in [0.25, 0.3) is 0 Å². The lowest BCUT2D eigenvalue weighted by atomic mass is 10.0. The molecule has 0 heterocycles. The summed E-state index contributed by atoms with van der Waals surface area (Å²) in [5.74, 6) is 1.07. The van der Waals surface area contributed by atoms with Crippen LogP contribution in [-0.4, -0.2) is 5.91 Å². The highest BCUT2D eigenvalue weighted by Gasteiger charge is 2.02. The van der Waals surface area contributed by atoms with Crippen molar-refractivity contribution < 1.29 is 13.9 Å². The topological polar surface area (TPSA) is 52.3 Å². The molecule has 0 bridgehead atoms. The Balaban J connectivity index is 1.58. The summed E-state index contributed by atoms with van der Waals surface area (Å²) in [6, 6.07) is 8.20. The highest BCUT2D eigenvalue weighted by molar-refractivity contribution is 5.73. The van der Waals surface area contributed by atoms with E-state index < -0.39 is 0 Å². The van der Waals surface area contributed by atoms with Crippen molar-refractivity contribution in [3.63, 3.8) is 0 Å². The van der Waals surface area contributed by atoms with E-state index in [4.69, 9.17) is 10.5 Å². The fourth-order valence-electron chi connectivity index (χ4n) is 3.37. The van der Waals surface area contributed by atoms with Crippen LogP contribution in [0.2, 0.25) is 0 Å². The first-order valence-electron chi connectivity index (χ1n) is 10.9. The minimum atomic E-state index is -0.211. The summed E-state index contributed by atoms with van der Waals surface area (Å²) < 4.78 is 19.2. The Kier molecular flexibility index (Phi) is 10.9. The molecule has 1 aliphatic rings. The van der Waals surface area contributed by atoms with Gasteiger partial charge in [-0.3, -0.25) is 4.79 Å². The van der Waals surface area contributed by atoms with Crippen LogP contribution in [0.4, 0.5) is 4.39 Å². The summed E-state index contributed by atoms with van der Waals surface area (Å²) in [7, 11) is 0. The van der Waals surface area contributed by atoms with Gasteiger partial charge in [0.25, 0.3) is 0 Å². The maximum atomic E-state index is 13.4. The van der Waals surface area contributed by atoms with E-state index in [0.29, 0.717) is 18.6 Å². The van der Waals surface area contributed by atoms with Crippen LogP contribution in [0.15, 0.2) is 60.2 Å². The maximum Gasteiger partial charge on any atom is 0.217 e. The smallest absolute Gasteiger partial charge is 0.217 e. The lowest BCUT2D eigenvalue weighted by Gasteiger charge is -2.09. The predicted octanol–water partition coefficient (Wildman–Crippen LogP) is 6.69. The Bertz CT molecular complexity index is 704. The highest BCUT2D eigenvalue weighted by Crippen LogP contribution is 2.20. The number of hydrogen-bond donors (Lipinski definition) is 1. The molecule has 0 unspecified atom stereocenters. The largest absolute Gasteiger partial charge is 0.458 e. The number of aryl methyl sites for hydroxylation is 1. The molecule has 1 aromatic carbocycles. The third-order valence-electron chi connectivity index (χ3n) is 5.06. The standard InChI is InChI=1S/C25H34FNO2/c26-22-12-9-10-13-23(20-17-22)29-24-18-15-21(16-19-24)11-7-5-3-1-2-4-6-8-14-25(27)28/h12-13,15-20H,1-11,14H2,(H2,27,28)/b20-17?,22-12-,23-13?. The third kappa shape index (κ3) is 10.7. The summed E-state index contributed by atoms with van der Waals surface area (Å²) in [6.07, 6.45) is 19.2. The predicted molar refractivity (Wildman–Crippen MR) is 117 cm³/mol. The van der Waals surface area contributed by atoms with Crippen LogP contribution < -0.4 is 10.5 Å². The fraction of sp³-hybridized carbons (Fsp3) is 0.480. The molecule has 0 radical (unpaired) electrons. The molecule has 4 heteroatoms. The van der Waals surface area contributed by atoms with Crippen molar-refractivity contribution in [2.24, 2.45) is 5.73 Å². The van der Waals surface area contributed by atoms with Crippen LogP contribution in [0.5, 0.6) is 5.75 Å². The molecule has 0 saturated carbocycles. The Hall–Kier alpha value is -2.36. The summed E-state index contributed by atoms with van der Waals surface area (Å²) >= 11 is 0. The number of hydrogen-bond acceptors (Lipinski definition) is 2. The number of ether oxygens (including phenoxy) is 1. The van der Waals surface area contributed by atoms with Crippen LogP contribution in [0, 0.1) is 0 Å². The van der Waals surface area contributed by atoms with Gasteiger partial charge in [0, 0.05) is 6.42 Å². The molecule has 3 nitrogen and oxygen atoms in total. The van der Waals surface area contributed by atoms with E-state index in [9.17, 15) is 9.18 Å². The van der Waals surface area contributed by atoms with Crippen molar-refractivity contribution in [3.05, 3.63) is 65.7 Å². The SMILES string of the molecule is NC(=O)CCCCCCCCCCc1ccc(OC2=CCC/C=C(\F)C=C2)cc1. The minimum Gasteiger partial charge on any atom is -0.458 e. The molecule has 0 fully saturated rings. The summed E-state index contributed by atoms with van der Waals surface area (Å²) in [5, 5.41) is 0. The number of carbonyl (C=O) groups excluding carboxylic acids is 1. The normalized spacial score (nSPS) is 15.8. The number of rotatable bonds is 13. The number of primary amides is 1. The lowest BCUT2D eigenvalue weighted by molar-refractivity contribution is -0.118. The van der Waals surface area contributed by atoms with E-state index in [2.05, 4.69) is 12.1 Å². The van der Waals surface area contributed by atoms with Crippen LogP contribution in [0.3, 0.4) is 0 Å². The molecule has 0 aliphatic heterocycles. The molecule has 0 saturated heterocycles. The van der Waals surface area contributed by atoms with Crippen LogP contribution in [0.1, 0.15) is 76.2 Å². The van der Waals surface area contributed by atoms with Gasteiger partial charge in [-0.05, 0) is 74.1 Å². The van der Waals surface area contributed by atoms with Crippen molar-refractivity contribution in [1.29, 1.82) is 0 Å². The minimum absolute atomic E-state index is 0.189. The van der Waals surface area contributed by atoms with E-state index in [1.165, 1.54) is 50.2 Å². The molecule has 2 rings (SSSR count). The zero-order valence-corrected chi connectivity index (χ0v) is 17.4. The number of carbonyl (C=O) groups is 1. The van der Waals surface area contributed by atoms with Gasteiger partial charge in [-0.25, -0.2) is 4.39 Å².